The summed E-state index contributed by atoms with van der Waals surface area (Å²) in [6.45, 7) is 5.73. The van der Waals surface area contributed by atoms with Gasteiger partial charge in [0.15, 0.2) is 5.78 Å². The van der Waals surface area contributed by atoms with Crippen molar-refractivity contribution in [3.8, 4) is 0 Å². The van der Waals surface area contributed by atoms with Gasteiger partial charge in [0.05, 0.1) is 6.61 Å². The first-order valence-corrected chi connectivity index (χ1v) is 9.95. The van der Waals surface area contributed by atoms with Gasteiger partial charge in [0.2, 0.25) is 5.91 Å². The molecule has 1 amide bonds. The van der Waals surface area contributed by atoms with Crippen LogP contribution in [-0.4, -0.2) is 68.0 Å². The van der Waals surface area contributed by atoms with E-state index in [0.717, 1.165) is 50.7 Å². The van der Waals surface area contributed by atoms with E-state index in [0.29, 0.717) is 5.56 Å². The molecule has 1 aliphatic rings. The molecule has 2 heterocycles. The molecule has 7 heteroatoms. The van der Waals surface area contributed by atoms with Crippen molar-refractivity contribution in [1.82, 2.24) is 9.88 Å². The van der Waals surface area contributed by atoms with E-state index in [1.807, 2.05) is 24.3 Å². The van der Waals surface area contributed by atoms with Crippen molar-refractivity contribution >= 4 is 23.1 Å². The zero-order valence-electron chi connectivity index (χ0n) is 16.8. The molecule has 0 aliphatic carbocycles. The Balaban J connectivity index is 1.43. The monoisotopic (exact) mass is 396 g/mol. The van der Waals surface area contributed by atoms with Gasteiger partial charge in [-0.1, -0.05) is 0 Å². The van der Waals surface area contributed by atoms with Crippen molar-refractivity contribution in [3.63, 3.8) is 0 Å². The van der Waals surface area contributed by atoms with Gasteiger partial charge in [-0.05, 0) is 36.4 Å². The van der Waals surface area contributed by atoms with Crippen molar-refractivity contribution in [3.05, 3.63) is 54.4 Å². The summed E-state index contributed by atoms with van der Waals surface area (Å²) in [7, 11) is 1.73. The first-order chi connectivity index (χ1) is 14.2. The lowest BCUT2D eigenvalue weighted by Crippen LogP contribution is -2.47. The summed E-state index contributed by atoms with van der Waals surface area (Å²) in [4.78, 5) is 32.9. The van der Waals surface area contributed by atoms with Crippen molar-refractivity contribution in [2.45, 2.75) is 12.8 Å². The van der Waals surface area contributed by atoms with E-state index in [9.17, 15) is 9.59 Å². The number of hydrogen-bond acceptors (Lipinski definition) is 6. The number of carbonyl (C=O) groups excluding carboxylic acids is 2. The third-order valence-corrected chi connectivity index (χ3v) is 5.06. The summed E-state index contributed by atoms with van der Waals surface area (Å²) < 4.78 is 5.14. The molecule has 1 aromatic carbocycles. The van der Waals surface area contributed by atoms with Gasteiger partial charge in [-0.2, -0.15) is 0 Å². The van der Waals surface area contributed by atoms with E-state index < -0.39 is 0 Å². The molecule has 1 aliphatic heterocycles. The quantitative estimate of drug-likeness (QED) is 0.657. The van der Waals surface area contributed by atoms with Crippen LogP contribution in [0.3, 0.4) is 0 Å². The van der Waals surface area contributed by atoms with Crippen LogP contribution < -0.4 is 10.2 Å². The lowest BCUT2D eigenvalue weighted by Gasteiger charge is -2.36. The smallest absolute Gasteiger partial charge is 0.224 e. The number of Topliss-reactive ketones (excluding diaryl/α,β-unsaturated/α-hetero) is 1. The summed E-state index contributed by atoms with van der Waals surface area (Å²) in [6, 6.07) is 11.3. The van der Waals surface area contributed by atoms with Crippen LogP contribution in [0.15, 0.2) is 48.8 Å². The molecular formula is C22H28N4O3. The van der Waals surface area contributed by atoms with Gasteiger partial charge in [-0.3, -0.25) is 19.5 Å². The maximum Gasteiger partial charge on any atom is 0.224 e. The minimum absolute atomic E-state index is 0.0757. The molecule has 29 heavy (non-hydrogen) atoms. The number of benzene rings is 1. The Morgan fingerprint density at radius 1 is 1.07 bits per heavy atom. The standard InChI is InChI=1S/C22H28N4O3/c1-29-16-15-25-11-13-26(14-12-25)20-6-4-19(5-7-20)24-22(28)9-8-21(27)18-3-2-10-23-17-18/h2-7,10,17H,8-9,11-16H2,1H3,(H,24,28). The van der Waals surface area contributed by atoms with Crippen LogP contribution in [0.2, 0.25) is 0 Å². The van der Waals surface area contributed by atoms with Crippen LogP contribution in [0.4, 0.5) is 11.4 Å². The SMILES string of the molecule is COCCN1CCN(c2ccc(NC(=O)CCC(=O)c3cccnc3)cc2)CC1. The number of ketones is 1. The average Bonchev–Trinajstić information content (AvgIpc) is 2.77. The number of nitrogens with zero attached hydrogens (tertiary/aromatic N) is 3. The number of hydrogen-bond donors (Lipinski definition) is 1. The molecule has 0 bridgehead atoms. The second-order valence-electron chi connectivity index (χ2n) is 7.08. The fraction of sp³-hybridized carbons (Fsp3) is 0.409. The molecule has 2 aromatic rings. The highest BCUT2D eigenvalue weighted by molar-refractivity contribution is 5.99. The zero-order valence-corrected chi connectivity index (χ0v) is 16.8. The molecule has 0 radical (unpaired) electrons. The Labute approximate surface area is 171 Å². The van der Waals surface area contributed by atoms with E-state index in [2.05, 4.69) is 20.1 Å². The number of nitrogens with one attached hydrogen (secondary N) is 1. The first-order valence-electron chi connectivity index (χ1n) is 9.95. The number of rotatable bonds is 9. The predicted octanol–water partition coefficient (Wildman–Crippen LogP) is 2.45. The highest BCUT2D eigenvalue weighted by Gasteiger charge is 2.17. The molecule has 0 saturated carbocycles. The van der Waals surface area contributed by atoms with Gasteiger partial charge in [0.25, 0.3) is 0 Å². The topological polar surface area (TPSA) is 74.8 Å². The lowest BCUT2D eigenvalue weighted by atomic mass is 10.1. The van der Waals surface area contributed by atoms with Crippen LogP contribution in [-0.2, 0) is 9.53 Å². The van der Waals surface area contributed by atoms with Crippen molar-refractivity contribution < 1.29 is 14.3 Å². The number of methoxy groups -OCH3 is 1. The second kappa shape index (κ2) is 10.7. The van der Waals surface area contributed by atoms with Gasteiger partial charge in [0, 0.05) is 82.0 Å². The maximum atomic E-state index is 12.2. The van der Waals surface area contributed by atoms with E-state index in [1.165, 1.54) is 6.20 Å². The minimum Gasteiger partial charge on any atom is -0.383 e. The molecule has 1 aromatic heterocycles. The number of anilines is 2. The number of aromatic nitrogens is 1. The summed E-state index contributed by atoms with van der Waals surface area (Å²) in [6.07, 6.45) is 3.46. The van der Waals surface area contributed by atoms with Crippen LogP contribution in [0.25, 0.3) is 0 Å². The fourth-order valence-electron chi connectivity index (χ4n) is 3.33. The van der Waals surface area contributed by atoms with E-state index >= 15 is 0 Å². The lowest BCUT2D eigenvalue weighted by molar-refractivity contribution is -0.116. The normalized spacial score (nSPS) is 14.6. The molecule has 154 valence electrons. The molecule has 7 nitrogen and oxygen atoms in total. The molecule has 1 N–H and O–H groups in total. The number of amides is 1. The minimum atomic E-state index is -0.165. The van der Waals surface area contributed by atoms with Crippen LogP contribution in [0.5, 0.6) is 0 Å². The summed E-state index contributed by atoms with van der Waals surface area (Å²) in [5, 5.41) is 2.86. The fourth-order valence-corrected chi connectivity index (χ4v) is 3.33. The maximum absolute atomic E-state index is 12.2. The number of ether oxygens (including phenoxy) is 1. The van der Waals surface area contributed by atoms with Crippen molar-refractivity contribution in [1.29, 1.82) is 0 Å². The Morgan fingerprint density at radius 3 is 2.48 bits per heavy atom. The highest BCUT2D eigenvalue weighted by atomic mass is 16.5. The van der Waals surface area contributed by atoms with Gasteiger partial charge >= 0.3 is 0 Å². The molecular weight excluding hydrogens is 368 g/mol. The molecule has 1 fully saturated rings. The van der Waals surface area contributed by atoms with Crippen molar-refractivity contribution in [2.24, 2.45) is 0 Å². The Hall–Kier alpha value is -2.77. The van der Waals surface area contributed by atoms with Gasteiger partial charge in [-0.25, -0.2) is 0 Å². The van der Waals surface area contributed by atoms with Crippen molar-refractivity contribution in [2.75, 3.05) is 56.7 Å². The predicted molar refractivity (Wildman–Crippen MR) is 113 cm³/mol. The van der Waals surface area contributed by atoms with Crippen LogP contribution in [0.1, 0.15) is 23.2 Å². The molecule has 0 spiro atoms. The molecule has 1 saturated heterocycles. The number of piperazine rings is 1. The van der Waals surface area contributed by atoms with Crippen LogP contribution in [0, 0.1) is 0 Å². The van der Waals surface area contributed by atoms with Crippen LogP contribution >= 0.6 is 0 Å². The molecule has 3 rings (SSSR count). The third-order valence-electron chi connectivity index (χ3n) is 5.06. The number of pyridine rings is 1. The molecule has 0 atom stereocenters. The Kier molecular flexibility index (Phi) is 7.72. The first kappa shape index (κ1) is 21.0. The largest absolute Gasteiger partial charge is 0.383 e. The highest BCUT2D eigenvalue weighted by Crippen LogP contribution is 2.20. The van der Waals surface area contributed by atoms with Gasteiger partial charge in [-0.15, -0.1) is 0 Å². The van der Waals surface area contributed by atoms with E-state index in [4.69, 9.17) is 4.74 Å². The van der Waals surface area contributed by atoms with Gasteiger partial charge < -0.3 is 15.0 Å². The summed E-state index contributed by atoms with van der Waals surface area (Å²) in [5.41, 5.74) is 2.43. The van der Waals surface area contributed by atoms with Gasteiger partial charge in [0.1, 0.15) is 0 Å². The summed E-state index contributed by atoms with van der Waals surface area (Å²) >= 11 is 0. The Morgan fingerprint density at radius 2 is 1.83 bits per heavy atom. The average molecular weight is 396 g/mol. The third kappa shape index (κ3) is 6.37. The second-order valence-corrected chi connectivity index (χ2v) is 7.08. The summed E-state index contributed by atoms with van der Waals surface area (Å²) in [5.74, 6) is -0.241. The molecule has 0 unspecified atom stereocenters. The van der Waals surface area contributed by atoms with E-state index in [-0.39, 0.29) is 24.5 Å². The van der Waals surface area contributed by atoms with E-state index in [1.54, 1.807) is 25.4 Å². The number of carbonyl (C=O) groups is 2. The zero-order chi connectivity index (χ0) is 20.5. The Bertz CT molecular complexity index is 787.